The van der Waals surface area contributed by atoms with Crippen LogP contribution in [-0.2, 0) is 13.7 Å². The molecule has 0 spiro atoms. The predicted octanol–water partition coefficient (Wildman–Crippen LogP) is 4.61. The molecule has 35 heavy (non-hydrogen) atoms. The Bertz CT molecular complexity index is 1700. The van der Waals surface area contributed by atoms with Crippen molar-refractivity contribution in [2.24, 2.45) is 7.05 Å². The van der Waals surface area contributed by atoms with Crippen LogP contribution in [0.5, 0.6) is 11.5 Å². The molecule has 5 aromatic rings. The number of ether oxygens (including phenoxy) is 2. The van der Waals surface area contributed by atoms with Gasteiger partial charge in [0.1, 0.15) is 18.2 Å². The van der Waals surface area contributed by atoms with Gasteiger partial charge in [0.2, 0.25) is 0 Å². The van der Waals surface area contributed by atoms with Crippen LogP contribution in [0.25, 0.3) is 27.6 Å². The summed E-state index contributed by atoms with van der Waals surface area (Å²) in [5.74, 6) is -0.255. The van der Waals surface area contributed by atoms with E-state index in [4.69, 9.17) is 14.7 Å². The normalized spacial score (nSPS) is 11.1. The number of nitriles is 1. The van der Waals surface area contributed by atoms with Crippen molar-refractivity contribution < 1.29 is 18.3 Å². The molecule has 9 heteroatoms. The highest BCUT2D eigenvalue weighted by Gasteiger charge is 2.20. The lowest BCUT2D eigenvalue weighted by Crippen LogP contribution is -2.21. The number of hydrogen-bond acceptors (Lipinski definition) is 5. The lowest BCUT2D eigenvalue weighted by atomic mass is 10.1. The highest BCUT2D eigenvalue weighted by molar-refractivity contribution is 6.04. The number of hydrogen-bond donors (Lipinski definition) is 0. The lowest BCUT2D eigenvalue weighted by Gasteiger charge is -2.13. The smallest absolute Gasteiger partial charge is 0.333 e. The fourth-order valence-electron chi connectivity index (χ4n) is 4.00. The molecule has 0 atom stereocenters. The van der Waals surface area contributed by atoms with Crippen LogP contribution in [-0.4, -0.2) is 21.2 Å². The van der Waals surface area contributed by atoms with Crippen LogP contribution < -0.4 is 15.2 Å². The standard InChI is InChI=1S/C26H18F2N4O3/c1-31-22-13-30-20-11-23(34-2)24(35-14-15-3-6-17(27)7-4-15)10-18(20)25(22)32(26(31)33)21-8-5-16(12-29)9-19(21)28/h3-11,13H,14H2,1-2H3. The Hall–Kier alpha value is -4.71. The maximum atomic E-state index is 15.0. The van der Waals surface area contributed by atoms with Gasteiger partial charge in [0, 0.05) is 18.5 Å². The van der Waals surface area contributed by atoms with Gasteiger partial charge in [-0.3, -0.25) is 14.1 Å². The molecule has 5 rings (SSSR count). The summed E-state index contributed by atoms with van der Waals surface area (Å²) >= 11 is 0. The van der Waals surface area contributed by atoms with Crippen molar-refractivity contribution >= 4 is 21.9 Å². The minimum atomic E-state index is -0.704. The van der Waals surface area contributed by atoms with Crippen LogP contribution in [0, 0.1) is 23.0 Å². The first-order chi connectivity index (χ1) is 16.9. The van der Waals surface area contributed by atoms with E-state index in [-0.39, 0.29) is 23.7 Å². The molecule has 0 unspecified atom stereocenters. The van der Waals surface area contributed by atoms with Crippen molar-refractivity contribution in [3.8, 4) is 23.3 Å². The molecule has 3 aromatic carbocycles. The molecule has 2 aromatic heterocycles. The van der Waals surface area contributed by atoms with Gasteiger partial charge in [-0.25, -0.2) is 13.6 Å². The Morgan fingerprint density at radius 3 is 2.51 bits per heavy atom. The molecule has 0 bridgehead atoms. The summed E-state index contributed by atoms with van der Waals surface area (Å²) in [6.07, 6.45) is 1.54. The van der Waals surface area contributed by atoms with Gasteiger partial charge in [-0.05, 0) is 42.0 Å². The van der Waals surface area contributed by atoms with Gasteiger partial charge in [-0.15, -0.1) is 0 Å². The van der Waals surface area contributed by atoms with E-state index >= 15 is 0 Å². The molecule has 0 saturated heterocycles. The topological polar surface area (TPSA) is 82.1 Å². The van der Waals surface area contributed by atoms with Crippen LogP contribution in [0.4, 0.5) is 8.78 Å². The van der Waals surface area contributed by atoms with Crippen molar-refractivity contribution in [1.82, 2.24) is 14.1 Å². The highest BCUT2D eigenvalue weighted by atomic mass is 19.1. The summed E-state index contributed by atoms with van der Waals surface area (Å²) in [5.41, 5.74) is 1.87. The second-order valence-electron chi connectivity index (χ2n) is 7.88. The number of imidazole rings is 1. The molecule has 0 aliphatic rings. The average Bonchev–Trinajstić information content (AvgIpc) is 3.13. The molecule has 0 N–H and O–H groups in total. The maximum absolute atomic E-state index is 15.0. The van der Waals surface area contributed by atoms with Gasteiger partial charge >= 0.3 is 5.69 Å². The zero-order valence-corrected chi connectivity index (χ0v) is 18.8. The van der Waals surface area contributed by atoms with Crippen LogP contribution in [0.1, 0.15) is 11.1 Å². The third kappa shape index (κ3) is 3.75. The Balaban J connectivity index is 1.72. The van der Waals surface area contributed by atoms with Gasteiger partial charge in [0.25, 0.3) is 0 Å². The molecule has 174 valence electrons. The molecule has 2 heterocycles. The fourth-order valence-corrected chi connectivity index (χ4v) is 4.00. The predicted molar refractivity (Wildman–Crippen MR) is 126 cm³/mol. The Morgan fingerprint density at radius 2 is 1.83 bits per heavy atom. The molecular weight excluding hydrogens is 454 g/mol. The van der Waals surface area contributed by atoms with Gasteiger partial charge in [0.15, 0.2) is 11.5 Å². The first-order valence-corrected chi connectivity index (χ1v) is 10.6. The van der Waals surface area contributed by atoms with E-state index in [1.807, 2.05) is 6.07 Å². The second kappa shape index (κ2) is 8.57. The summed E-state index contributed by atoms with van der Waals surface area (Å²) in [5, 5.41) is 9.62. The molecule has 0 aliphatic heterocycles. The monoisotopic (exact) mass is 472 g/mol. The van der Waals surface area contributed by atoms with Crippen molar-refractivity contribution in [2.75, 3.05) is 7.11 Å². The number of aromatic nitrogens is 3. The highest BCUT2D eigenvalue weighted by Crippen LogP contribution is 2.36. The number of aryl methyl sites for hydroxylation is 1. The minimum absolute atomic E-state index is 0.0108. The van der Waals surface area contributed by atoms with Crippen LogP contribution in [0.15, 0.2) is 65.6 Å². The van der Waals surface area contributed by atoms with E-state index in [0.717, 1.165) is 11.6 Å². The third-order valence-corrected chi connectivity index (χ3v) is 5.79. The van der Waals surface area contributed by atoms with E-state index < -0.39 is 11.5 Å². The van der Waals surface area contributed by atoms with Crippen molar-refractivity contribution in [1.29, 1.82) is 5.26 Å². The minimum Gasteiger partial charge on any atom is -0.493 e. The van der Waals surface area contributed by atoms with Gasteiger partial charge in [-0.1, -0.05) is 12.1 Å². The van der Waals surface area contributed by atoms with Gasteiger partial charge in [-0.2, -0.15) is 5.26 Å². The summed E-state index contributed by atoms with van der Waals surface area (Å²) in [6.45, 7) is 0.150. The fraction of sp³-hybridized carbons (Fsp3) is 0.115. The summed E-state index contributed by atoms with van der Waals surface area (Å²) in [7, 11) is 3.07. The number of fused-ring (bicyclic) bond motifs is 3. The summed E-state index contributed by atoms with van der Waals surface area (Å²) in [4.78, 5) is 17.6. The number of halogens is 2. The maximum Gasteiger partial charge on any atom is 0.333 e. The number of methoxy groups -OCH3 is 1. The van der Waals surface area contributed by atoms with E-state index in [1.165, 1.54) is 46.7 Å². The third-order valence-electron chi connectivity index (χ3n) is 5.79. The van der Waals surface area contributed by atoms with E-state index in [0.29, 0.717) is 33.4 Å². The SMILES string of the molecule is COc1cc2ncc3c(c2cc1OCc1ccc(F)cc1)n(-c1ccc(C#N)cc1F)c(=O)n3C. The molecule has 0 fully saturated rings. The van der Waals surface area contributed by atoms with Gasteiger partial charge < -0.3 is 9.47 Å². The largest absolute Gasteiger partial charge is 0.493 e. The van der Waals surface area contributed by atoms with Crippen molar-refractivity contribution in [3.05, 3.63) is 94.0 Å². The van der Waals surface area contributed by atoms with Crippen LogP contribution >= 0.6 is 0 Å². The first kappa shape index (κ1) is 22.1. The molecular formula is C26H18F2N4O3. The Morgan fingerprint density at radius 1 is 1.06 bits per heavy atom. The van der Waals surface area contributed by atoms with Crippen molar-refractivity contribution in [3.63, 3.8) is 0 Å². The summed E-state index contributed by atoms with van der Waals surface area (Å²) < 4.78 is 42.3. The zero-order chi connectivity index (χ0) is 24.7. The number of benzene rings is 3. The van der Waals surface area contributed by atoms with E-state index in [1.54, 1.807) is 31.3 Å². The first-order valence-electron chi connectivity index (χ1n) is 10.6. The quantitative estimate of drug-likeness (QED) is 0.373. The van der Waals surface area contributed by atoms with Crippen LogP contribution in [0.2, 0.25) is 0 Å². The summed E-state index contributed by atoms with van der Waals surface area (Å²) in [6, 6.07) is 15.1. The van der Waals surface area contributed by atoms with E-state index in [2.05, 4.69) is 4.98 Å². The molecule has 7 nitrogen and oxygen atoms in total. The van der Waals surface area contributed by atoms with Crippen LogP contribution in [0.3, 0.4) is 0 Å². The molecule has 0 amide bonds. The average molecular weight is 472 g/mol. The molecule has 0 radical (unpaired) electrons. The number of pyridine rings is 1. The Kier molecular flexibility index (Phi) is 5.41. The van der Waals surface area contributed by atoms with Gasteiger partial charge in [0.05, 0.1) is 47.2 Å². The number of rotatable bonds is 5. The molecule has 0 saturated carbocycles. The zero-order valence-electron chi connectivity index (χ0n) is 18.8. The second-order valence-corrected chi connectivity index (χ2v) is 7.88. The Labute approximate surface area is 198 Å². The number of nitrogens with zero attached hydrogens (tertiary/aromatic N) is 4. The van der Waals surface area contributed by atoms with Crippen molar-refractivity contribution in [2.45, 2.75) is 6.61 Å². The lowest BCUT2D eigenvalue weighted by molar-refractivity contribution is 0.285. The molecule has 0 aliphatic carbocycles. The van der Waals surface area contributed by atoms with E-state index in [9.17, 15) is 13.6 Å².